The minimum absolute atomic E-state index is 0.313. The molecule has 2 aromatic carbocycles. The van der Waals surface area contributed by atoms with Gasteiger partial charge in [0.25, 0.3) is 0 Å². The molecule has 1 atom stereocenters. The number of aryl methyl sites for hydroxylation is 1. The molecule has 0 saturated carbocycles. The lowest BCUT2D eigenvalue weighted by Gasteiger charge is -2.32. The normalized spacial score (nSPS) is 17.5. The van der Waals surface area contributed by atoms with E-state index in [1.54, 1.807) is 0 Å². The standard InChI is InChI=1S/C18H12Br8/c1-8-13(17(21,22)23)14(18(24,25)26)12(16(20)15(8)19)11-7-6-9-4-2-3-5-10(9)11/h2-5,11H,6-7H2,1H3. The van der Waals surface area contributed by atoms with Crippen molar-refractivity contribution < 1.29 is 0 Å². The first-order valence-electron chi connectivity index (χ1n) is 7.68. The Morgan fingerprint density at radius 1 is 0.846 bits per heavy atom. The Bertz CT molecular complexity index is 861. The van der Waals surface area contributed by atoms with Crippen LogP contribution in [0, 0.1) is 6.92 Å². The number of alkyl halides is 6. The second-order valence-electron chi connectivity index (χ2n) is 6.20. The number of hydrogen-bond acceptors (Lipinski definition) is 0. The first-order valence-corrected chi connectivity index (χ1v) is 14.0. The van der Waals surface area contributed by atoms with Gasteiger partial charge in [0, 0.05) is 26.0 Å². The maximum Gasteiger partial charge on any atom is 0.160 e. The topological polar surface area (TPSA) is 0 Å². The fourth-order valence-electron chi connectivity index (χ4n) is 3.66. The van der Waals surface area contributed by atoms with Crippen molar-refractivity contribution in [2.45, 2.75) is 30.0 Å². The molecular formula is C18H12Br8. The van der Waals surface area contributed by atoms with Crippen LogP contribution in [0.4, 0.5) is 0 Å². The van der Waals surface area contributed by atoms with Crippen LogP contribution in [0.15, 0.2) is 33.2 Å². The van der Waals surface area contributed by atoms with Gasteiger partial charge in [-0.2, -0.15) is 0 Å². The van der Waals surface area contributed by atoms with Crippen molar-refractivity contribution in [3.63, 3.8) is 0 Å². The average molecular weight is 868 g/mol. The fraction of sp³-hybridized carbons (Fsp3) is 0.333. The molecule has 1 aliphatic rings. The van der Waals surface area contributed by atoms with E-state index in [-0.39, 0.29) is 0 Å². The predicted octanol–water partition coefficient (Wildman–Crippen LogP) is 10.2. The molecular weight excluding hydrogens is 855 g/mol. The van der Waals surface area contributed by atoms with Crippen molar-refractivity contribution in [2.24, 2.45) is 0 Å². The lowest BCUT2D eigenvalue weighted by atomic mass is 9.86. The molecule has 8 heteroatoms. The van der Waals surface area contributed by atoms with E-state index in [1.165, 1.54) is 16.7 Å². The molecule has 0 N–H and O–H groups in total. The van der Waals surface area contributed by atoms with Crippen molar-refractivity contribution >= 4 is 127 Å². The van der Waals surface area contributed by atoms with Gasteiger partial charge < -0.3 is 0 Å². The van der Waals surface area contributed by atoms with Crippen LogP contribution in [-0.4, -0.2) is 0 Å². The first kappa shape index (κ1) is 23.0. The third-order valence-corrected chi connectivity index (χ3v) is 9.43. The van der Waals surface area contributed by atoms with Crippen LogP contribution in [0.3, 0.4) is 0 Å². The van der Waals surface area contributed by atoms with E-state index in [9.17, 15) is 0 Å². The van der Waals surface area contributed by atoms with Crippen molar-refractivity contribution in [1.29, 1.82) is 0 Å². The summed E-state index contributed by atoms with van der Waals surface area (Å²) in [5, 5.41) is 0. The van der Waals surface area contributed by atoms with Gasteiger partial charge in [-0.15, -0.1) is 0 Å². The molecule has 2 aromatic rings. The van der Waals surface area contributed by atoms with E-state index >= 15 is 0 Å². The quantitative estimate of drug-likeness (QED) is 0.251. The average Bonchev–Trinajstić information content (AvgIpc) is 2.94. The Hall–Kier alpha value is 2.28. The molecule has 1 aliphatic carbocycles. The summed E-state index contributed by atoms with van der Waals surface area (Å²) in [6.07, 6.45) is 2.18. The molecule has 26 heavy (non-hydrogen) atoms. The van der Waals surface area contributed by atoms with Crippen LogP contribution in [0.1, 0.15) is 45.7 Å². The maximum absolute atomic E-state index is 3.88. The third kappa shape index (κ3) is 4.33. The maximum atomic E-state index is 3.88. The van der Waals surface area contributed by atoms with Gasteiger partial charge in [-0.3, -0.25) is 0 Å². The fourth-order valence-corrected chi connectivity index (χ4v) is 7.56. The van der Waals surface area contributed by atoms with Crippen LogP contribution in [0.25, 0.3) is 0 Å². The van der Waals surface area contributed by atoms with Gasteiger partial charge in [-0.25, -0.2) is 0 Å². The van der Waals surface area contributed by atoms with E-state index < -0.39 is 4.29 Å². The van der Waals surface area contributed by atoms with Gasteiger partial charge in [0.1, 0.15) is 0 Å². The van der Waals surface area contributed by atoms with Crippen molar-refractivity contribution in [3.05, 3.63) is 66.6 Å². The summed E-state index contributed by atoms with van der Waals surface area (Å²) in [5.41, 5.74) is 7.47. The van der Waals surface area contributed by atoms with Crippen LogP contribution in [0.2, 0.25) is 0 Å². The zero-order valence-corrected chi connectivity index (χ0v) is 26.0. The van der Waals surface area contributed by atoms with Crippen LogP contribution in [0.5, 0.6) is 0 Å². The second-order valence-corrected chi connectivity index (χ2v) is 21.3. The molecule has 3 rings (SSSR count). The Balaban J connectivity index is 2.41. The molecule has 0 spiro atoms. The van der Waals surface area contributed by atoms with Gasteiger partial charge in [0.15, 0.2) is 4.29 Å². The Morgan fingerprint density at radius 2 is 1.42 bits per heavy atom. The van der Waals surface area contributed by atoms with Gasteiger partial charge in [0.2, 0.25) is 0 Å². The Morgan fingerprint density at radius 3 is 2.00 bits per heavy atom. The summed E-state index contributed by atoms with van der Waals surface area (Å²) in [6, 6.07) is 8.74. The molecule has 0 heterocycles. The molecule has 0 aromatic heterocycles. The lowest BCUT2D eigenvalue weighted by Crippen LogP contribution is -2.18. The molecule has 0 amide bonds. The Kier molecular flexibility index (Phi) is 7.44. The number of halogens is 8. The highest BCUT2D eigenvalue weighted by Gasteiger charge is 2.41. The van der Waals surface area contributed by atoms with Crippen LogP contribution < -0.4 is 0 Å². The highest BCUT2D eigenvalue weighted by Crippen LogP contribution is 2.60. The number of hydrogen-bond donors (Lipinski definition) is 0. The monoisotopic (exact) mass is 859 g/mol. The summed E-state index contributed by atoms with van der Waals surface area (Å²) < 4.78 is 1.04. The smallest absolute Gasteiger partial charge is 0.0620 e. The molecule has 0 nitrogen and oxygen atoms in total. The van der Waals surface area contributed by atoms with Gasteiger partial charge >= 0.3 is 0 Å². The Labute approximate surface area is 221 Å². The van der Waals surface area contributed by atoms with Crippen molar-refractivity contribution in [1.82, 2.24) is 0 Å². The minimum atomic E-state index is -0.566. The summed E-state index contributed by atoms with van der Waals surface area (Å²) >= 11 is 30.3. The van der Waals surface area contributed by atoms with E-state index in [1.807, 2.05) is 0 Å². The summed E-state index contributed by atoms with van der Waals surface area (Å²) in [7, 11) is 0. The molecule has 0 radical (unpaired) electrons. The van der Waals surface area contributed by atoms with Crippen molar-refractivity contribution in [3.8, 4) is 0 Å². The van der Waals surface area contributed by atoms with E-state index in [0.29, 0.717) is 5.92 Å². The highest BCUT2D eigenvalue weighted by atomic mass is 80.0. The zero-order valence-electron chi connectivity index (χ0n) is 13.3. The minimum Gasteiger partial charge on any atom is -0.0620 e. The number of rotatable bonds is 1. The SMILES string of the molecule is Cc1c(Br)c(Br)c(C2CCc3ccccc32)c(C(Br)(Br)Br)c1C(Br)(Br)Br. The van der Waals surface area contributed by atoms with Crippen molar-refractivity contribution in [2.75, 3.05) is 0 Å². The molecule has 0 saturated heterocycles. The zero-order chi connectivity index (χ0) is 19.4. The van der Waals surface area contributed by atoms with Crippen LogP contribution in [-0.2, 0) is 10.7 Å². The second kappa shape index (κ2) is 8.43. The summed E-state index contributed by atoms with van der Waals surface area (Å²) in [4.78, 5) is 0. The number of fused-ring (bicyclic) bond motifs is 1. The molecule has 0 bridgehead atoms. The molecule has 0 aliphatic heterocycles. The van der Waals surface area contributed by atoms with E-state index in [2.05, 4.69) is 159 Å². The van der Waals surface area contributed by atoms with E-state index in [0.717, 1.165) is 38.5 Å². The highest BCUT2D eigenvalue weighted by molar-refractivity contribution is 9.39. The number of benzene rings is 2. The summed E-state index contributed by atoms with van der Waals surface area (Å²) in [6.45, 7) is 2.11. The largest absolute Gasteiger partial charge is 0.160 e. The van der Waals surface area contributed by atoms with Gasteiger partial charge in [-0.05, 0) is 73.9 Å². The van der Waals surface area contributed by atoms with Crippen LogP contribution >= 0.6 is 127 Å². The third-order valence-electron chi connectivity index (χ3n) is 4.70. The molecule has 140 valence electrons. The lowest BCUT2D eigenvalue weighted by molar-refractivity contribution is 0.772. The van der Waals surface area contributed by atoms with Gasteiger partial charge in [-0.1, -0.05) is 120 Å². The molecule has 0 fully saturated rings. The molecule has 1 unspecified atom stereocenters. The predicted molar refractivity (Wildman–Crippen MR) is 140 cm³/mol. The first-order chi connectivity index (χ1) is 11.9. The van der Waals surface area contributed by atoms with E-state index in [4.69, 9.17) is 0 Å². The summed E-state index contributed by atoms with van der Waals surface area (Å²) in [5.74, 6) is 0.313. The van der Waals surface area contributed by atoms with Gasteiger partial charge in [0.05, 0.1) is 0 Å².